The molecule has 3 atom stereocenters. The van der Waals surface area contributed by atoms with Crippen LogP contribution in [0.2, 0.25) is 0 Å². The van der Waals surface area contributed by atoms with E-state index in [0.29, 0.717) is 25.4 Å². The van der Waals surface area contributed by atoms with Crippen molar-refractivity contribution in [2.24, 2.45) is 11.8 Å². The summed E-state index contributed by atoms with van der Waals surface area (Å²) in [5, 5.41) is 36.6. The Labute approximate surface area is 270 Å². The van der Waals surface area contributed by atoms with Crippen LogP contribution in [0, 0.1) is 23.7 Å². The fourth-order valence-electron chi connectivity index (χ4n) is 8.08. The van der Waals surface area contributed by atoms with Crippen LogP contribution in [-0.2, 0) is 16.9 Å². The molecule has 1 aliphatic carbocycles. The monoisotopic (exact) mass is 619 g/mol. The predicted octanol–water partition coefficient (Wildman–Crippen LogP) is 6.34. The molecule has 0 aromatic heterocycles. The number of nitrogens with zero attached hydrogens (tertiary/aromatic N) is 1. The molecule has 2 unspecified atom stereocenters. The molecule has 7 nitrogen and oxygen atoms in total. The molecule has 2 aromatic carbocycles. The number of quaternary nitrogens is 1. The maximum Gasteiger partial charge on any atom is 0.179 e. The number of fused-ring (bicyclic) bond motifs is 3. The van der Waals surface area contributed by atoms with Gasteiger partial charge in [-0.2, -0.15) is 0 Å². The van der Waals surface area contributed by atoms with Gasteiger partial charge in [0.15, 0.2) is 17.0 Å². The Balaban J connectivity index is 1.45. The van der Waals surface area contributed by atoms with Crippen LogP contribution in [0.5, 0.6) is 5.75 Å². The second-order valence-corrected chi connectivity index (χ2v) is 15.0. The first-order valence-electron chi connectivity index (χ1n) is 17.1. The first-order valence-corrected chi connectivity index (χ1v) is 17.1. The van der Waals surface area contributed by atoms with Gasteiger partial charge in [-0.25, -0.2) is 5.26 Å². The fraction of sp³-hybridized carbons (Fsp3) is 0.632. The number of benzene rings is 2. The van der Waals surface area contributed by atoms with Gasteiger partial charge in [0.25, 0.3) is 0 Å². The van der Waals surface area contributed by atoms with Crippen LogP contribution in [0.25, 0.3) is 0 Å². The summed E-state index contributed by atoms with van der Waals surface area (Å²) in [7, 11) is 1.77. The summed E-state index contributed by atoms with van der Waals surface area (Å²) < 4.78 is 7.14. The minimum Gasteiger partial charge on any atom is -0.387 e. The van der Waals surface area contributed by atoms with E-state index in [1.54, 1.807) is 13.2 Å². The Bertz CT molecular complexity index is 1320. The van der Waals surface area contributed by atoms with E-state index in [1.165, 1.54) is 19.3 Å². The number of ether oxygens (including phenoxy) is 1. The Morgan fingerprint density at radius 3 is 2.27 bits per heavy atom. The second kappa shape index (κ2) is 14.1. The summed E-state index contributed by atoms with van der Waals surface area (Å²) in [5.41, 5.74) is 0.497. The molecule has 3 saturated heterocycles. The van der Waals surface area contributed by atoms with E-state index in [-0.39, 0.29) is 17.4 Å². The molecule has 3 aliphatic heterocycles. The first-order chi connectivity index (χ1) is 21.5. The van der Waals surface area contributed by atoms with Gasteiger partial charge in [0.1, 0.15) is 13.1 Å². The van der Waals surface area contributed by atoms with Gasteiger partial charge in [-0.05, 0) is 56.9 Å². The predicted molar refractivity (Wildman–Crippen MR) is 177 cm³/mol. The molecule has 1 saturated carbocycles. The third-order valence-electron chi connectivity index (χ3n) is 10.8. The Morgan fingerprint density at radius 1 is 0.978 bits per heavy atom. The van der Waals surface area contributed by atoms with Gasteiger partial charge in [0, 0.05) is 43.9 Å². The van der Waals surface area contributed by atoms with Crippen LogP contribution in [0.15, 0.2) is 48.5 Å². The minimum atomic E-state index is -1.23. The molecule has 3 heterocycles. The van der Waals surface area contributed by atoms with Gasteiger partial charge in [-0.15, -0.1) is 0 Å². The molecule has 0 radical (unpaired) electrons. The zero-order valence-electron chi connectivity index (χ0n) is 27.9. The van der Waals surface area contributed by atoms with Crippen LogP contribution in [0.1, 0.15) is 101 Å². The van der Waals surface area contributed by atoms with Gasteiger partial charge in [-0.1, -0.05) is 80.3 Å². The van der Waals surface area contributed by atoms with Crippen LogP contribution < -0.4 is 10.2 Å². The van der Waals surface area contributed by atoms with Gasteiger partial charge < -0.3 is 29.6 Å². The zero-order valence-corrected chi connectivity index (χ0v) is 27.9. The number of aliphatic hydroxyl groups excluding tert-OH is 1. The number of rotatable bonds is 9. The molecule has 45 heavy (non-hydrogen) atoms. The van der Waals surface area contributed by atoms with Crippen LogP contribution in [0.3, 0.4) is 0 Å². The summed E-state index contributed by atoms with van der Waals surface area (Å²) >= 11 is 0. The van der Waals surface area contributed by atoms with Crippen molar-refractivity contribution in [2.45, 2.75) is 108 Å². The molecule has 0 spiro atoms. The molecule has 4 N–H and O–H groups in total. The minimum absolute atomic E-state index is 0.0806. The highest BCUT2D eigenvalue weighted by Gasteiger charge is 2.56. The lowest BCUT2D eigenvalue weighted by Crippen LogP contribution is -2.68. The van der Waals surface area contributed by atoms with Crippen LogP contribution in [0.4, 0.5) is 0 Å². The van der Waals surface area contributed by atoms with Crippen molar-refractivity contribution in [3.8, 4) is 17.6 Å². The van der Waals surface area contributed by atoms with Gasteiger partial charge in [0.2, 0.25) is 0 Å². The average Bonchev–Trinajstić information content (AvgIpc) is 3.02. The third kappa shape index (κ3) is 7.76. The van der Waals surface area contributed by atoms with Crippen molar-refractivity contribution in [1.29, 1.82) is 0 Å². The topological polar surface area (TPSA) is 91.2 Å². The van der Waals surface area contributed by atoms with E-state index in [9.17, 15) is 15.5 Å². The largest absolute Gasteiger partial charge is 0.387 e. The van der Waals surface area contributed by atoms with Crippen molar-refractivity contribution in [2.75, 3.05) is 33.3 Å². The second-order valence-electron chi connectivity index (χ2n) is 15.0. The van der Waals surface area contributed by atoms with Crippen molar-refractivity contribution in [3.05, 3.63) is 65.2 Å². The summed E-state index contributed by atoms with van der Waals surface area (Å²) in [4.78, 5) is 4.84. The molecule has 0 amide bonds. The molecule has 7 heteroatoms. The van der Waals surface area contributed by atoms with Crippen molar-refractivity contribution < 1.29 is 29.6 Å². The quantitative estimate of drug-likeness (QED) is 0.113. The molecule has 6 rings (SSSR count). The zero-order chi connectivity index (χ0) is 32.1. The number of aliphatic hydroxyl groups is 2. The summed E-state index contributed by atoms with van der Waals surface area (Å²) in [6.07, 6.45) is 9.15. The Kier molecular flexibility index (Phi) is 10.6. The van der Waals surface area contributed by atoms with Gasteiger partial charge >= 0.3 is 0 Å². The van der Waals surface area contributed by atoms with Gasteiger partial charge in [-0.3, -0.25) is 0 Å². The molecule has 4 fully saturated rings. The highest BCUT2D eigenvalue weighted by Crippen LogP contribution is 2.45. The molecule has 4 aliphatic rings. The van der Waals surface area contributed by atoms with E-state index in [0.717, 1.165) is 72.8 Å². The van der Waals surface area contributed by atoms with E-state index < -0.39 is 17.3 Å². The summed E-state index contributed by atoms with van der Waals surface area (Å²) in [5.74, 6) is 7.90. The molecular formula is C38H55N2O5+. The Hall–Kier alpha value is -2.44. The highest BCUT2D eigenvalue weighted by molar-refractivity contribution is 5.38. The first kappa shape index (κ1) is 33.9. The lowest BCUT2D eigenvalue weighted by molar-refractivity contribution is -0.961. The molecular weight excluding hydrogens is 564 g/mol. The van der Waals surface area contributed by atoms with E-state index in [4.69, 9.17) is 9.62 Å². The van der Waals surface area contributed by atoms with E-state index >= 15 is 0 Å². The normalized spacial score (nSPS) is 27.8. The number of β-amino-alcohol motifs (C(OH)–C–C–N with tert-alkyl or cyclic N) is 1. The summed E-state index contributed by atoms with van der Waals surface area (Å²) in [6, 6.07) is 15.6. The van der Waals surface area contributed by atoms with E-state index in [2.05, 4.69) is 37.9 Å². The van der Waals surface area contributed by atoms with E-state index in [1.807, 2.05) is 42.5 Å². The smallest absolute Gasteiger partial charge is 0.179 e. The standard InChI is InChI=1S/C38H54N2O5/c1-36(2,3)39-26-34(41)29-17-18-35(45-43)30(25-29)27-40-23-19-31(20-24-40)37(28-40,44-4)21-22-38(42,33-15-11-8-12-16-33)32-13-9-6-5-7-10-14-32/h8,11-12,15-18,25,31-32,34,39,41-42H,5-7,9-10,13-14,19-20,23-24,26-28H2,1-4H3/p+1/t31?,34?,37-,38?,40?/m1/s1. The molecule has 2 aromatic rings. The number of methoxy groups -OCH3 is 1. The van der Waals surface area contributed by atoms with Crippen LogP contribution >= 0.6 is 0 Å². The molecule has 246 valence electrons. The SMILES string of the molecule is CO[C@]1(C#CC(O)(c2ccccc2)C2CCCCCCC2)C[N+]2(Cc3cc(C(O)CNC(C)(C)C)ccc3OO)CCC1CC2. The lowest BCUT2D eigenvalue weighted by Gasteiger charge is -2.56. The Morgan fingerprint density at radius 2 is 1.64 bits per heavy atom. The molecule has 2 bridgehead atoms. The van der Waals surface area contributed by atoms with Crippen molar-refractivity contribution in [3.63, 3.8) is 0 Å². The van der Waals surface area contributed by atoms with Gasteiger partial charge in [0.05, 0.1) is 24.8 Å². The number of hydrogen-bond donors (Lipinski definition) is 4. The number of hydrogen-bond acceptors (Lipinski definition) is 6. The third-order valence-corrected chi connectivity index (χ3v) is 10.8. The average molecular weight is 620 g/mol. The number of nitrogens with one attached hydrogen (secondary N) is 1. The lowest BCUT2D eigenvalue weighted by atomic mass is 9.71. The maximum atomic E-state index is 12.5. The fourth-order valence-corrected chi connectivity index (χ4v) is 8.08. The highest BCUT2D eigenvalue weighted by atomic mass is 17.1. The maximum absolute atomic E-state index is 12.5. The van der Waals surface area contributed by atoms with Crippen molar-refractivity contribution >= 4 is 0 Å². The van der Waals surface area contributed by atoms with Crippen molar-refractivity contribution in [1.82, 2.24) is 5.32 Å². The number of piperidine rings is 3. The van der Waals surface area contributed by atoms with Crippen LogP contribution in [-0.4, -0.2) is 64.4 Å². The summed E-state index contributed by atoms with van der Waals surface area (Å²) in [6.45, 7) is 9.94.